The van der Waals surface area contributed by atoms with Gasteiger partial charge in [-0.15, -0.1) is 0 Å². The van der Waals surface area contributed by atoms with Crippen LogP contribution in [-0.2, 0) is 0 Å². The first-order valence-corrected chi connectivity index (χ1v) is 8.14. The summed E-state index contributed by atoms with van der Waals surface area (Å²) in [6, 6.07) is 16.3. The Morgan fingerprint density at radius 1 is 0.958 bits per heavy atom. The predicted octanol–water partition coefficient (Wildman–Crippen LogP) is 2.30. The molecule has 124 valence electrons. The van der Waals surface area contributed by atoms with E-state index in [4.69, 9.17) is 5.73 Å². The molecule has 1 aliphatic rings. The Morgan fingerprint density at radius 2 is 1.62 bits per heavy atom. The van der Waals surface area contributed by atoms with E-state index < -0.39 is 0 Å². The minimum Gasteiger partial charge on any atom is -0.399 e. The number of carbonyl (C=O) groups is 2. The summed E-state index contributed by atoms with van der Waals surface area (Å²) >= 11 is 0. The van der Waals surface area contributed by atoms with E-state index in [9.17, 15) is 9.59 Å². The lowest BCUT2D eigenvalue weighted by molar-refractivity contribution is 0.0698. The minimum atomic E-state index is -0.116. The van der Waals surface area contributed by atoms with Crippen molar-refractivity contribution in [3.63, 3.8) is 0 Å². The zero-order chi connectivity index (χ0) is 16.9. The van der Waals surface area contributed by atoms with Crippen molar-refractivity contribution in [2.45, 2.75) is 18.9 Å². The molecular weight excluding hydrogens is 302 g/mol. The maximum absolute atomic E-state index is 12.4. The maximum atomic E-state index is 12.4. The molecule has 5 heteroatoms. The number of likely N-dealkylation sites (tertiary alicyclic amines) is 1. The number of benzene rings is 2. The lowest BCUT2D eigenvalue weighted by Gasteiger charge is -2.32. The Labute approximate surface area is 141 Å². The molecule has 0 radical (unpaired) electrons. The van der Waals surface area contributed by atoms with Gasteiger partial charge in [0.2, 0.25) is 0 Å². The van der Waals surface area contributed by atoms with Crippen LogP contribution >= 0.6 is 0 Å². The number of piperidine rings is 1. The monoisotopic (exact) mass is 323 g/mol. The van der Waals surface area contributed by atoms with Gasteiger partial charge in [0.25, 0.3) is 11.8 Å². The van der Waals surface area contributed by atoms with Crippen molar-refractivity contribution in [1.29, 1.82) is 0 Å². The Balaban J connectivity index is 1.54. The molecule has 0 atom stereocenters. The van der Waals surface area contributed by atoms with Crippen LogP contribution in [0, 0.1) is 0 Å². The highest BCUT2D eigenvalue weighted by molar-refractivity contribution is 5.95. The fourth-order valence-corrected chi connectivity index (χ4v) is 2.94. The van der Waals surface area contributed by atoms with Gasteiger partial charge in [-0.25, -0.2) is 0 Å². The van der Waals surface area contributed by atoms with Gasteiger partial charge in [-0.05, 0) is 43.2 Å². The lowest BCUT2D eigenvalue weighted by atomic mass is 10.0. The molecule has 1 fully saturated rings. The second kappa shape index (κ2) is 7.17. The topological polar surface area (TPSA) is 75.4 Å². The normalized spacial score (nSPS) is 15.1. The number of nitrogens with zero attached hydrogens (tertiary/aromatic N) is 1. The first-order valence-electron chi connectivity index (χ1n) is 8.14. The zero-order valence-electron chi connectivity index (χ0n) is 13.4. The van der Waals surface area contributed by atoms with E-state index in [0.717, 1.165) is 12.8 Å². The van der Waals surface area contributed by atoms with Crippen LogP contribution in [0.15, 0.2) is 54.6 Å². The third-order valence-corrected chi connectivity index (χ3v) is 4.29. The fourth-order valence-electron chi connectivity index (χ4n) is 2.94. The molecule has 0 bridgehead atoms. The van der Waals surface area contributed by atoms with Crippen LogP contribution < -0.4 is 11.1 Å². The van der Waals surface area contributed by atoms with Crippen molar-refractivity contribution < 1.29 is 9.59 Å². The van der Waals surface area contributed by atoms with E-state index in [-0.39, 0.29) is 17.9 Å². The number of nitrogens with two attached hydrogens (primary N) is 1. The molecule has 2 aromatic carbocycles. The fraction of sp³-hybridized carbons (Fsp3) is 0.263. The second-order valence-electron chi connectivity index (χ2n) is 6.03. The van der Waals surface area contributed by atoms with E-state index in [1.807, 2.05) is 35.2 Å². The average molecular weight is 323 g/mol. The van der Waals surface area contributed by atoms with E-state index >= 15 is 0 Å². The van der Waals surface area contributed by atoms with Crippen LogP contribution in [0.2, 0.25) is 0 Å². The molecule has 3 N–H and O–H groups in total. The van der Waals surface area contributed by atoms with Gasteiger partial charge in [0.15, 0.2) is 0 Å². The van der Waals surface area contributed by atoms with Gasteiger partial charge in [-0.2, -0.15) is 0 Å². The molecule has 1 aliphatic heterocycles. The molecule has 0 saturated carbocycles. The van der Waals surface area contributed by atoms with Crippen molar-refractivity contribution in [2.24, 2.45) is 0 Å². The highest BCUT2D eigenvalue weighted by Gasteiger charge is 2.24. The molecule has 0 unspecified atom stereocenters. The quantitative estimate of drug-likeness (QED) is 0.851. The lowest BCUT2D eigenvalue weighted by Crippen LogP contribution is -2.46. The number of nitrogens with one attached hydrogen (secondary N) is 1. The Bertz CT molecular complexity index is 722. The summed E-state index contributed by atoms with van der Waals surface area (Å²) in [5, 5.41) is 3.03. The summed E-state index contributed by atoms with van der Waals surface area (Å²) in [5.74, 6) is -0.0636. The summed E-state index contributed by atoms with van der Waals surface area (Å²) in [4.78, 5) is 26.5. The Hall–Kier alpha value is -2.82. The molecule has 1 saturated heterocycles. The van der Waals surface area contributed by atoms with E-state index in [1.54, 1.807) is 24.3 Å². The predicted molar refractivity (Wildman–Crippen MR) is 93.7 cm³/mol. The van der Waals surface area contributed by atoms with Crippen LogP contribution in [0.1, 0.15) is 33.6 Å². The van der Waals surface area contributed by atoms with E-state index in [2.05, 4.69) is 5.32 Å². The maximum Gasteiger partial charge on any atom is 0.253 e. The second-order valence-corrected chi connectivity index (χ2v) is 6.03. The summed E-state index contributed by atoms with van der Waals surface area (Å²) in [6.07, 6.45) is 1.51. The summed E-state index contributed by atoms with van der Waals surface area (Å²) in [6.45, 7) is 1.30. The smallest absolute Gasteiger partial charge is 0.253 e. The third kappa shape index (κ3) is 3.74. The van der Waals surface area contributed by atoms with Crippen LogP contribution in [0.25, 0.3) is 0 Å². The van der Waals surface area contributed by atoms with Gasteiger partial charge in [0, 0.05) is 35.9 Å². The van der Waals surface area contributed by atoms with Crippen LogP contribution in [-0.4, -0.2) is 35.8 Å². The molecular formula is C19H21N3O2. The summed E-state index contributed by atoms with van der Waals surface area (Å²) in [7, 11) is 0. The third-order valence-electron chi connectivity index (χ3n) is 4.29. The SMILES string of the molecule is Nc1cccc(C(=O)NC2CCN(C(=O)c3ccccc3)CC2)c1. The average Bonchev–Trinajstić information content (AvgIpc) is 2.62. The molecule has 2 aromatic rings. The summed E-state index contributed by atoms with van der Waals surface area (Å²) in [5.41, 5.74) is 7.56. The number of hydrogen-bond acceptors (Lipinski definition) is 3. The van der Waals surface area contributed by atoms with Crippen LogP contribution in [0.3, 0.4) is 0 Å². The summed E-state index contributed by atoms with van der Waals surface area (Å²) < 4.78 is 0. The number of rotatable bonds is 3. The van der Waals surface area contributed by atoms with Crippen molar-refractivity contribution >= 4 is 17.5 Å². The van der Waals surface area contributed by atoms with E-state index in [0.29, 0.717) is 29.9 Å². The van der Waals surface area contributed by atoms with Crippen molar-refractivity contribution in [3.8, 4) is 0 Å². The largest absolute Gasteiger partial charge is 0.399 e. The van der Waals surface area contributed by atoms with Gasteiger partial charge in [0.1, 0.15) is 0 Å². The van der Waals surface area contributed by atoms with Gasteiger partial charge in [-0.3, -0.25) is 9.59 Å². The van der Waals surface area contributed by atoms with Crippen molar-refractivity contribution in [2.75, 3.05) is 18.8 Å². The number of anilines is 1. The number of amides is 2. The first kappa shape index (κ1) is 16.1. The van der Waals surface area contributed by atoms with Crippen molar-refractivity contribution in [3.05, 3.63) is 65.7 Å². The zero-order valence-corrected chi connectivity index (χ0v) is 13.4. The standard InChI is InChI=1S/C19H21N3O2/c20-16-8-4-7-15(13-16)18(23)21-17-9-11-22(12-10-17)19(24)14-5-2-1-3-6-14/h1-8,13,17H,9-12,20H2,(H,21,23). The van der Waals surface area contributed by atoms with Gasteiger partial charge >= 0.3 is 0 Å². The molecule has 0 aliphatic carbocycles. The molecule has 0 spiro atoms. The van der Waals surface area contributed by atoms with Crippen molar-refractivity contribution in [1.82, 2.24) is 10.2 Å². The van der Waals surface area contributed by atoms with Gasteiger partial charge in [-0.1, -0.05) is 24.3 Å². The highest BCUT2D eigenvalue weighted by Crippen LogP contribution is 2.15. The molecule has 0 aromatic heterocycles. The Kier molecular flexibility index (Phi) is 4.79. The van der Waals surface area contributed by atoms with E-state index in [1.165, 1.54) is 0 Å². The van der Waals surface area contributed by atoms with Gasteiger partial charge in [0.05, 0.1) is 0 Å². The first-order chi connectivity index (χ1) is 11.6. The molecule has 5 nitrogen and oxygen atoms in total. The molecule has 1 heterocycles. The highest BCUT2D eigenvalue weighted by atomic mass is 16.2. The van der Waals surface area contributed by atoms with Crippen LogP contribution in [0.5, 0.6) is 0 Å². The molecule has 2 amide bonds. The number of carbonyl (C=O) groups excluding carboxylic acids is 2. The number of nitrogen functional groups attached to an aromatic ring is 1. The molecule has 3 rings (SSSR count). The minimum absolute atomic E-state index is 0.0520. The van der Waals surface area contributed by atoms with Gasteiger partial charge < -0.3 is 16.0 Å². The number of hydrogen-bond donors (Lipinski definition) is 2. The molecule has 24 heavy (non-hydrogen) atoms. The Morgan fingerprint density at radius 3 is 2.29 bits per heavy atom. The van der Waals surface area contributed by atoms with Crippen LogP contribution in [0.4, 0.5) is 5.69 Å².